The van der Waals surface area contributed by atoms with Gasteiger partial charge in [0.1, 0.15) is 6.54 Å². The van der Waals surface area contributed by atoms with E-state index in [0.717, 1.165) is 10.5 Å². The molecule has 1 heterocycles. The lowest BCUT2D eigenvalue weighted by molar-refractivity contribution is -0.122. The Morgan fingerprint density at radius 1 is 0.967 bits per heavy atom. The number of hydrogen-bond donors (Lipinski definition) is 2. The molecule has 156 valence electrons. The van der Waals surface area contributed by atoms with Crippen molar-refractivity contribution in [2.24, 2.45) is 0 Å². The molecule has 7 nitrogen and oxygen atoms in total. The number of nitrogens with one attached hydrogen (secondary N) is 2. The monoisotopic (exact) mass is 447 g/mol. The lowest BCUT2D eigenvalue weighted by Gasteiger charge is -2.18. The number of anilines is 1. The van der Waals surface area contributed by atoms with Crippen molar-refractivity contribution < 1.29 is 19.2 Å². The second-order valence-corrected chi connectivity index (χ2v) is 7.64. The predicted octanol–water partition coefficient (Wildman–Crippen LogP) is 3.82. The zero-order valence-corrected chi connectivity index (χ0v) is 17.8. The summed E-state index contributed by atoms with van der Waals surface area (Å²) >= 11 is 11.9. The van der Waals surface area contributed by atoms with Crippen molar-refractivity contribution in [3.8, 4) is 0 Å². The van der Waals surface area contributed by atoms with E-state index in [4.69, 9.17) is 23.2 Å². The number of nitrogens with zero attached hydrogens (tertiary/aromatic N) is 1. The second-order valence-electron chi connectivity index (χ2n) is 6.82. The molecule has 0 radical (unpaired) electrons. The molecule has 0 saturated heterocycles. The molecule has 0 spiro atoms. The van der Waals surface area contributed by atoms with Gasteiger partial charge in [-0.15, -0.1) is 0 Å². The largest absolute Gasteiger partial charge is 0.348 e. The minimum absolute atomic E-state index is 0.0902. The Kier molecular flexibility index (Phi) is 6.43. The summed E-state index contributed by atoms with van der Waals surface area (Å²) in [6.45, 7) is 3.12. The third-order valence-electron chi connectivity index (χ3n) is 4.71. The molecule has 0 fully saturated rings. The molecule has 1 aliphatic rings. The van der Waals surface area contributed by atoms with E-state index in [-0.39, 0.29) is 33.1 Å². The summed E-state index contributed by atoms with van der Waals surface area (Å²) in [4.78, 5) is 49.7. The van der Waals surface area contributed by atoms with Gasteiger partial charge >= 0.3 is 0 Å². The highest BCUT2D eigenvalue weighted by Gasteiger charge is 2.37. The summed E-state index contributed by atoms with van der Waals surface area (Å²) in [5, 5.41) is 5.83. The van der Waals surface area contributed by atoms with E-state index in [2.05, 4.69) is 10.6 Å². The van der Waals surface area contributed by atoms with Crippen molar-refractivity contribution in [3.05, 3.63) is 63.1 Å². The Labute approximate surface area is 183 Å². The average molecular weight is 448 g/mol. The van der Waals surface area contributed by atoms with Crippen LogP contribution < -0.4 is 10.6 Å². The van der Waals surface area contributed by atoms with Crippen LogP contribution in [0.2, 0.25) is 10.0 Å². The zero-order valence-electron chi connectivity index (χ0n) is 16.3. The molecule has 2 aromatic carbocycles. The molecule has 0 aromatic heterocycles. The van der Waals surface area contributed by atoms with Crippen molar-refractivity contribution in [3.63, 3.8) is 0 Å². The fraction of sp³-hybridized carbons (Fsp3) is 0.238. The van der Waals surface area contributed by atoms with Crippen LogP contribution in [-0.4, -0.2) is 35.1 Å². The van der Waals surface area contributed by atoms with Gasteiger partial charge in [0.25, 0.3) is 11.8 Å². The molecule has 0 aliphatic carbocycles. The summed E-state index contributed by atoms with van der Waals surface area (Å²) in [5.74, 6) is -1.76. The Hall–Kier alpha value is -2.90. The number of hydrogen-bond acceptors (Lipinski definition) is 4. The number of imide groups is 1. The summed E-state index contributed by atoms with van der Waals surface area (Å²) in [7, 11) is 0. The molecule has 0 bridgehead atoms. The predicted molar refractivity (Wildman–Crippen MR) is 114 cm³/mol. The number of halogens is 2. The maximum absolute atomic E-state index is 12.5. The number of amides is 4. The standard InChI is InChI=1S/C21H19Cl2N3O4/c1-3-18(27)25-13-6-4-12(5-7-13)11(2)24-19(28)10-26-20(29)14-8-16(22)17(23)9-15(14)21(26)30/h4-9,11H,3,10H2,1-2H3,(H,24,28)(H,25,27). The van der Waals surface area contributed by atoms with Crippen molar-refractivity contribution in [1.82, 2.24) is 10.2 Å². The fourth-order valence-corrected chi connectivity index (χ4v) is 3.37. The maximum Gasteiger partial charge on any atom is 0.262 e. The molecule has 2 N–H and O–H groups in total. The summed E-state index contributed by atoms with van der Waals surface area (Å²) < 4.78 is 0. The first-order valence-corrected chi connectivity index (χ1v) is 10.0. The third-order valence-corrected chi connectivity index (χ3v) is 5.43. The lowest BCUT2D eigenvalue weighted by atomic mass is 10.1. The van der Waals surface area contributed by atoms with Crippen LogP contribution >= 0.6 is 23.2 Å². The number of carbonyl (C=O) groups excluding carboxylic acids is 4. The van der Waals surface area contributed by atoms with Crippen LogP contribution in [-0.2, 0) is 9.59 Å². The Balaban J connectivity index is 1.63. The van der Waals surface area contributed by atoms with E-state index in [1.54, 1.807) is 38.1 Å². The molecule has 4 amide bonds. The molecule has 30 heavy (non-hydrogen) atoms. The smallest absolute Gasteiger partial charge is 0.262 e. The van der Waals surface area contributed by atoms with Gasteiger partial charge < -0.3 is 10.6 Å². The quantitative estimate of drug-likeness (QED) is 0.657. The van der Waals surface area contributed by atoms with Crippen molar-refractivity contribution in [2.45, 2.75) is 26.3 Å². The zero-order chi connectivity index (χ0) is 22.0. The number of carbonyl (C=O) groups is 4. The molecule has 9 heteroatoms. The first-order chi connectivity index (χ1) is 14.2. The third kappa shape index (κ3) is 4.47. The van der Waals surface area contributed by atoms with Gasteiger partial charge in [-0.05, 0) is 36.8 Å². The van der Waals surface area contributed by atoms with E-state index in [0.29, 0.717) is 12.1 Å². The van der Waals surface area contributed by atoms with Crippen LogP contribution in [0, 0.1) is 0 Å². The highest BCUT2D eigenvalue weighted by molar-refractivity contribution is 6.43. The molecule has 1 unspecified atom stereocenters. The van der Waals surface area contributed by atoms with Gasteiger partial charge in [0, 0.05) is 12.1 Å². The van der Waals surface area contributed by atoms with Gasteiger partial charge in [0.2, 0.25) is 11.8 Å². The van der Waals surface area contributed by atoms with Gasteiger partial charge in [0.15, 0.2) is 0 Å². The van der Waals surface area contributed by atoms with Crippen LogP contribution in [0.3, 0.4) is 0 Å². The van der Waals surface area contributed by atoms with Gasteiger partial charge in [-0.3, -0.25) is 24.1 Å². The normalized spacial score (nSPS) is 13.8. The van der Waals surface area contributed by atoms with Crippen LogP contribution in [0.25, 0.3) is 0 Å². The summed E-state index contributed by atoms with van der Waals surface area (Å²) in [5.41, 5.74) is 1.71. The Morgan fingerprint density at radius 3 is 2.00 bits per heavy atom. The van der Waals surface area contributed by atoms with Crippen LogP contribution in [0.5, 0.6) is 0 Å². The summed E-state index contributed by atoms with van der Waals surface area (Å²) in [6, 6.07) is 9.33. The van der Waals surface area contributed by atoms with Crippen molar-refractivity contribution in [1.29, 1.82) is 0 Å². The number of benzene rings is 2. The summed E-state index contributed by atoms with van der Waals surface area (Å²) in [6.07, 6.45) is 0.379. The van der Waals surface area contributed by atoms with Crippen molar-refractivity contribution in [2.75, 3.05) is 11.9 Å². The topological polar surface area (TPSA) is 95.6 Å². The minimum Gasteiger partial charge on any atom is -0.348 e. The van der Waals surface area contributed by atoms with Gasteiger partial charge in [0.05, 0.1) is 27.2 Å². The number of rotatable bonds is 6. The average Bonchev–Trinajstić information content (AvgIpc) is 2.93. The van der Waals surface area contributed by atoms with Gasteiger partial charge in [-0.25, -0.2) is 0 Å². The molecule has 2 aromatic rings. The maximum atomic E-state index is 12.5. The molecular weight excluding hydrogens is 429 g/mol. The SMILES string of the molecule is CCC(=O)Nc1ccc(C(C)NC(=O)CN2C(=O)c3cc(Cl)c(Cl)cc3C2=O)cc1. The molecule has 1 atom stereocenters. The Morgan fingerprint density at radius 2 is 1.50 bits per heavy atom. The van der Waals surface area contributed by atoms with E-state index < -0.39 is 24.3 Å². The van der Waals surface area contributed by atoms with E-state index in [1.807, 2.05) is 0 Å². The molecule has 3 rings (SSSR count). The van der Waals surface area contributed by atoms with Crippen molar-refractivity contribution >= 4 is 52.5 Å². The second kappa shape index (κ2) is 8.85. The van der Waals surface area contributed by atoms with Crippen LogP contribution in [0.15, 0.2) is 36.4 Å². The molecule has 0 saturated carbocycles. The lowest BCUT2D eigenvalue weighted by Crippen LogP contribution is -2.41. The molecular formula is C21H19Cl2N3O4. The Bertz CT molecular complexity index is 996. The van der Waals surface area contributed by atoms with E-state index in [9.17, 15) is 19.2 Å². The minimum atomic E-state index is -0.590. The van der Waals surface area contributed by atoms with E-state index in [1.165, 1.54) is 12.1 Å². The van der Waals surface area contributed by atoms with Crippen LogP contribution in [0.1, 0.15) is 52.6 Å². The first kappa shape index (κ1) is 21.8. The number of fused-ring (bicyclic) bond motifs is 1. The van der Waals surface area contributed by atoms with Crippen LogP contribution in [0.4, 0.5) is 5.69 Å². The van der Waals surface area contributed by atoms with Gasteiger partial charge in [-0.1, -0.05) is 42.3 Å². The molecule has 1 aliphatic heterocycles. The highest BCUT2D eigenvalue weighted by Crippen LogP contribution is 2.31. The highest BCUT2D eigenvalue weighted by atomic mass is 35.5. The fourth-order valence-electron chi connectivity index (χ4n) is 3.05. The van der Waals surface area contributed by atoms with E-state index >= 15 is 0 Å². The van der Waals surface area contributed by atoms with Gasteiger partial charge in [-0.2, -0.15) is 0 Å². The first-order valence-electron chi connectivity index (χ1n) is 9.25.